The number of halogens is 1. The summed E-state index contributed by atoms with van der Waals surface area (Å²) >= 11 is 6.39. The van der Waals surface area contributed by atoms with Crippen LogP contribution in [0.1, 0.15) is 44.2 Å². The largest absolute Gasteiger partial charge is 0.497 e. The maximum Gasteiger partial charge on any atom is 0.264 e. The van der Waals surface area contributed by atoms with Crippen molar-refractivity contribution < 1.29 is 27.5 Å². The number of hydrogen-bond acceptors (Lipinski definition) is 6. The molecular formula is C32H40ClN3O6S. The van der Waals surface area contributed by atoms with Crippen molar-refractivity contribution in [3.05, 3.63) is 82.9 Å². The molecule has 0 aliphatic carbocycles. The molecule has 0 aromatic heterocycles. The number of carbonyl (C=O) groups excluding carboxylic acids is 2. The Labute approximate surface area is 259 Å². The van der Waals surface area contributed by atoms with E-state index in [9.17, 15) is 18.0 Å². The predicted octanol–water partition coefficient (Wildman–Crippen LogP) is 5.58. The van der Waals surface area contributed by atoms with Crippen LogP contribution in [0.4, 0.5) is 5.69 Å². The van der Waals surface area contributed by atoms with Crippen molar-refractivity contribution in [2.75, 3.05) is 31.6 Å². The maximum atomic E-state index is 14.2. The summed E-state index contributed by atoms with van der Waals surface area (Å²) in [4.78, 5) is 29.0. The van der Waals surface area contributed by atoms with Crippen LogP contribution < -0.4 is 19.1 Å². The van der Waals surface area contributed by atoms with Crippen LogP contribution in [0.5, 0.6) is 11.5 Å². The van der Waals surface area contributed by atoms with E-state index in [2.05, 4.69) is 5.32 Å². The summed E-state index contributed by atoms with van der Waals surface area (Å²) in [5.41, 5.74) is 1.83. The van der Waals surface area contributed by atoms with Gasteiger partial charge < -0.3 is 19.7 Å². The lowest BCUT2D eigenvalue weighted by Gasteiger charge is -2.33. The number of ether oxygens (including phenoxy) is 2. The molecule has 3 aromatic carbocycles. The van der Waals surface area contributed by atoms with E-state index >= 15 is 0 Å². The van der Waals surface area contributed by atoms with E-state index in [1.165, 1.54) is 36.3 Å². The van der Waals surface area contributed by atoms with Gasteiger partial charge in [-0.2, -0.15) is 0 Å². The van der Waals surface area contributed by atoms with Crippen molar-refractivity contribution in [1.82, 2.24) is 10.2 Å². The fourth-order valence-corrected chi connectivity index (χ4v) is 6.19. The number of anilines is 1. The van der Waals surface area contributed by atoms with Gasteiger partial charge in [-0.1, -0.05) is 61.7 Å². The third-order valence-corrected chi connectivity index (χ3v) is 9.12. The maximum absolute atomic E-state index is 14.2. The van der Waals surface area contributed by atoms with Gasteiger partial charge in [0.25, 0.3) is 10.0 Å². The number of nitrogens with one attached hydrogen (secondary N) is 1. The van der Waals surface area contributed by atoms with Crippen molar-refractivity contribution >= 4 is 39.1 Å². The summed E-state index contributed by atoms with van der Waals surface area (Å²) in [6.07, 6.45) is 2.04. The highest BCUT2D eigenvalue weighted by atomic mass is 35.5. The van der Waals surface area contributed by atoms with E-state index in [-0.39, 0.29) is 28.1 Å². The van der Waals surface area contributed by atoms with Crippen LogP contribution in [0.2, 0.25) is 5.02 Å². The van der Waals surface area contributed by atoms with E-state index in [0.717, 1.165) is 28.3 Å². The number of benzene rings is 3. The molecule has 1 N–H and O–H groups in total. The summed E-state index contributed by atoms with van der Waals surface area (Å²) in [5.74, 6) is 0.173. The Hall–Kier alpha value is -3.76. The summed E-state index contributed by atoms with van der Waals surface area (Å²) in [6, 6.07) is 17.2. The fourth-order valence-electron chi connectivity index (χ4n) is 4.53. The van der Waals surface area contributed by atoms with Crippen LogP contribution in [0, 0.1) is 6.92 Å². The third kappa shape index (κ3) is 8.64. The number of carbonyl (C=O) groups is 2. The molecule has 11 heteroatoms. The summed E-state index contributed by atoms with van der Waals surface area (Å²) < 4.78 is 39.6. The van der Waals surface area contributed by atoms with Gasteiger partial charge in [-0.3, -0.25) is 13.9 Å². The molecule has 3 aromatic rings. The minimum Gasteiger partial charge on any atom is -0.497 e. The van der Waals surface area contributed by atoms with Crippen molar-refractivity contribution in [2.45, 2.75) is 57.5 Å². The van der Waals surface area contributed by atoms with Gasteiger partial charge >= 0.3 is 0 Å². The molecule has 0 spiro atoms. The quantitative estimate of drug-likeness (QED) is 0.220. The molecule has 0 heterocycles. The van der Waals surface area contributed by atoms with Crippen LogP contribution in [-0.2, 0) is 26.2 Å². The second-order valence-electron chi connectivity index (χ2n) is 10.1. The van der Waals surface area contributed by atoms with Crippen LogP contribution >= 0.6 is 11.6 Å². The molecule has 0 aliphatic rings. The molecule has 1 atom stereocenters. The van der Waals surface area contributed by atoms with E-state index in [1.54, 1.807) is 37.4 Å². The van der Waals surface area contributed by atoms with Crippen molar-refractivity contribution in [3.63, 3.8) is 0 Å². The van der Waals surface area contributed by atoms with Gasteiger partial charge in [-0.05, 0) is 67.8 Å². The van der Waals surface area contributed by atoms with Gasteiger partial charge in [0.1, 0.15) is 24.1 Å². The Kier molecular flexibility index (Phi) is 12.3. The monoisotopic (exact) mass is 629 g/mol. The van der Waals surface area contributed by atoms with Crippen LogP contribution in [0.25, 0.3) is 0 Å². The van der Waals surface area contributed by atoms with Gasteiger partial charge in [0.05, 0.1) is 29.8 Å². The predicted molar refractivity (Wildman–Crippen MR) is 169 cm³/mol. The summed E-state index contributed by atoms with van der Waals surface area (Å²) in [5, 5.41) is 3.11. The first-order valence-electron chi connectivity index (χ1n) is 14.2. The lowest BCUT2D eigenvalue weighted by Crippen LogP contribution is -2.52. The smallest absolute Gasteiger partial charge is 0.264 e. The molecule has 43 heavy (non-hydrogen) atoms. The average molecular weight is 630 g/mol. The summed E-state index contributed by atoms with van der Waals surface area (Å²) in [6.45, 7) is 5.71. The first-order valence-corrected chi connectivity index (χ1v) is 16.0. The molecule has 232 valence electrons. The zero-order valence-corrected chi connectivity index (χ0v) is 26.9. The second-order valence-corrected chi connectivity index (χ2v) is 12.4. The molecule has 0 radical (unpaired) electrons. The van der Waals surface area contributed by atoms with E-state index in [0.29, 0.717) is 24.5 Å². The first kappa shape index (κ1) is 33.7. The first-order chi connectivity index (χ1) is 20.5. The van der Waals surface area contributed by atoms with Crippen LogP contribution in [-0.4, -0.2) is 58.5 Å². The average Bonchev–Trinajstić information content (AvgIpc) is 3.00. The van der Waals surface area contributed by atoms with Gasteiger partial charge in [-0.15, -0.1) is 0 Å². The van der Waals surface area contributed by atoms with Gasteiger partial charge in [0, 0.05) is 13.1 Å². The molecule has 0 bridgehead atoms. The molecule has 0 unspecified atom stereocenters. The number of hydrogen-bond donors (Lipinski definition) is 1. The molecule has 0 aliphatic heterocycles. The number of sulfonamides is 1. The van der Waals surface area contributed by atoms with Crippen LogP contribution in [0.3, 0.4) is 0 Å². The number of nitrogens with zero attached hydrogens (tertiary/aromatic N) is 2. The minimum absolute atomic E-state index is 0.0175. The Morgan fingerprint density at radius 3 is 2.19 bits per heavy atom. The molecule has 0 saturated heterocycles. The highest BCUT2D eigenvalue weighted by molar-refractivity contribution is 7.92. The minimum atomic E-state index is -4.22. The SMILES string of the molecule is CCCCNC(=O)[C@@H](CC)N(Cc1ccc(OC)cc1)C(=O)CN(c1ccc(OC)c(Cl)c1)S(=O)(=O)c1ccc(C)cc1. The fraction of sp³-hybridized carbons (Fsp3) is 0.375. The number of amides is 2. The lowest BCUT2D eigenvalue weighted by molar-refractivity contribution is -0.140. The van der Waals surface area contributed by atoms with Gasteiger partial charge in [0.2, 0.25) is 11.8 Å². The van der Waals surface area contributed by atoms with E-state index in [1.807, 2.05) is 32.9 Å². The molecular weight excluding hydrogens is 590 g/mol. The Morgan fingerprint density at radius 2 is 1.63 bits per heavy atom. The number of rotatable bonds is 15. The Bertz CT molecular complexity index is 1480. The number of unbranched alkanes of at least 4 members (excludes halogenated alkanes) is 1. The zero-order chi connectivity index (χ0) is 31.6. The Balaban J connectivity index is 2.07. The molecule has 2 amide bonds. The van der Waals surface area contributed by atoms with Crippen molar-refractivity contribution in [2.24, 2.45) is 0 Å². The topological polar surface area (TPSA) is 105 Å². The van der Waals surface area contributed by atoms with E-state index < -0.39 is 28.5 Å². The lowest BCUT2D eigenvalue weighted by atomic mass is 10.1. The zero-order valence-electron chi connectivity index (χ0n) is 25.3. The second kappa shape index (κ2) is 15.6. The normalized spacial score (nSPS) is 11.9. The van der Waals surface area contributed by atoms with Gasteiger partial charge in [0.15, 0.2) is 0 Å². The number of methoxy groups -OCH3 is 2. The highest BCUT2D eigenvalue weighted by Gasteiger charge is 2.34. The highest BCUT2D eigenvalue weighted by Crippen LogP contribution is 2.32. The molecule has 3 rings (SSSR count). The number of aryl methyl sites for hydroxylation is 1. The molecule has 0 fully saturated rings. The van der Waals surface area contributed by atoms with Crippen molar-refractivity contribution in [3.8, 4) is 11.5 Å². The Morgan fingerprint density at radius 1 is 0.953 bits per heavy atom. The van der Waals surface area contributed by atoms with Crippen LogP contribution in [0.15, 0.2) is 71.6 Å². The van der Waals surface area contributed by atoms with E-state index in [4.69, 9.17) is 21.1 Å². The molecule has 0 saturated carbocycles. The summed E-state index contributed by atoms with van der Waals surface area (Å²) in [7, 11) is -1.20. The van der Waals surface area contributed by atoms with Gasteiger partial charge in [-0.25, -0.2) is 8.42 Å². The van der Waals surface area contributed by atoms with Crippen molar-refractivity contribution in [1.29, 1.82) is 0 Å². The standard InChI is InChI=1S/C32H40ClN3O6S/c1-6-8-19-34-32(38)29(7-2)35(21-24-11-14-26(41-4)15-12-24)31(37)22-36(25-13-18-30(42-5)28(33)20-25)43(39,40)27-16-9-23(3)10-17-27/h9-18,20,29H,6-8,19,21-22H2,1-5H3,(H,34,38)/t29-/m1/s1. The third-order valence-electron chi connectivity index (χ3n) is 7.04. The molecule has 9 nitrogen and oxygen atoms in total.